The van der Waals surface area contributed by atoms with Gasteiger partial charge in [0.1, 0.15) is 23.4 Å². The van der Waals surface area contributed by atoms with Crippen LogP contribution in [0.1, 0.15) is 23.0 Å². The number of carbonyl (C=O) groups excluding carboxylic acids is 1. The summed E-state index contributed by atoms with van der Waals surface area (Å²) in [6.45, 7) is 1.36. The van der Waals surface area contributed by atoms with Gasteiger partial charge in [-0.15, -0.1) is 4.99 Å². The molecule has 0 bridgehead atoms. The van der Waals surface area contributed by atoms with Crippen molar-refractivity contribution in [3.63, 3.8) is 0 Å². The lowest BCUT2D eigenvalue weighted by Crippen LogP contribution is -2.57. The second-order valence-electron chi connectivity index (χ2n) is 6.72. The molecule has 0 saturated carbocycles. The molecule has 1 amide bonds. The summed E-state index contributed by atoms with van der Waals surface area (Å²) in [5.41, 5.74) is -0.875. The van der Waals surface area contributed by atoms with Crippen LogP contribution in [0.2, 0.25) is 0 Å². The molecular formula is C20H19Cl2F3N6O3. The third-order valence-electron chi connectivity index (χ3n) is 4.16. The molecule has 2 aromatic rings. The van der Waals surface area contributed by atoms with E-state index in [4.69, 9.17) is 37.9 Å². The molecule has 1 heterocycles. The maximum Gasteiger partial charge on any atom is 0.433 e. The Morgan fingerprint density at radius 2 is 1.76 bits per heavy atom. The molecule has 2 rings (SSSR count). The molecule has 34 heavy (non-hydrogen) atoms. The van der Waals surface area contributed by atoms with E-state index >= 15 is 0 Å². The maximum absolute atomic E-state index is 12.8. The summed E-state index contributed by atoms with van der Waals surface area (Å²) in [6, 6.07) is 6.30. The number of anilines is 1. The average Bonchev–Trinajstić information content (AvgIpc) is 2.77. The summed E-state index contributed by atoms with van der Waals surface area (Å²) < 4.78 is 46.8. The summed E-state index contributed by atoms with van der Waals surface area (Å²) in [5.74, 6) is -0.173. The van der Waals surface area contributed by atoms with Crippen molar-refractivity contribution in [1.29, 1.82) is 5.26 Å². The van der Waals surface area contributed by atoms with E-state index < -0.39 is 28.3 Å². The lowest BCUT2D eigenvalue weighted by atomic mass is 10.1. The van der Waals surface area contributed by atoms with E-state index in [0.29, 0.717) is 11.5 Å². The smallest absolute Gasteiger partial charge is 0.433 e. The van der Waals surface area contributed by atoms with Crippen LogP contribution in [0.3, 0.4) is 0 Å². The van der Waals surface area contributed by atoms with Crippen molar-refractivity contribution >= 4 is 40.8 Å². The topological polar surface area (TPSA) is 121 Å². The van der Waals surface area contributed by atoms with E-state index in [1.54, 1.807) is 6.07 Å². The van der Waals surface area contributed by atoms with Crippen LogP contribution < -0.4 is 25.4 Å². The number of aliphatic imine (C=N–C) groups is 1. The van der Waals surface area contributed by atoms with E-state index in [1.165, 1.54) is 39.5 Å². The molecule has 9 nitrogen and oxygen atoms in total. The molecule has 1 atom stereocenters. The lowest BCUT2D eigenvalue weighted by molar-refractivity contribution is -0.141. The van der Waals surface area contributed by atoms with Crippen LogP contribution in [-0.4, -0.2) is 41.6 Å². The Hall–Kier alpha value is -3.43. The summed E-state index contributed by atoms with van der Waals surface area (Å²) in [5, 5.41) is 16.8. The molecule has 0 aliphatic heterocycles. The van der Waals surface area contributed by atoms with Gasteiger partial charge in [0.05, 0.1) is 26.1 Å². The third kappa shape index (κ3) is 7.57. The fourth-order valence-electron chi connectivity index (χ4n) is 2.50. The number of halogens is 5. The largest absolute Gasteiger partial charge is 0.497 e. The monoisotopic (exact) mass is 518 g/mol. The minimum absolute atomic E-state index is 0.0722. The second-order valence-corrected chi connectivity index (χ2v) is 8.49. The fraction of sp³-hybridized carbons (Fsp3) is 0.300. The Balaban J connectivity index is 2.24. The van der Waals surface area contributed by atoms with Crippen LogP contribution in [0.25, 0.3) is 0 Å². The highest BCUT2D eigenvalue weighted by molar-refractivity contribution is 6.48. The summed E-state index contributed by atoms with van der Waals surface area (Å²) in [7, 11) is 2.84. The van der Waals surface area contributed by atoms with Gasteiger partial charge in [-0.05, 0) is 31.2 Å². The predicted molar refractivity (Wildman–Crippen MR) is 120 cm³/mol. The minimum atomic E-state index is -4.61. The SMILES string of the molecule is COc1cc(OC)cc(C(=O)NC(N/C(=N/C#N)Nc2ccc(C(F)(F)F)nc2)C(C)(Cl)Cl)c1. The van der Waals surface area contributed by atoms with Crippen LogP contribution in [0.15, 0.2) is 41.5 Å². The summed E-state index contributed by atoms with van der Waals surface area (Å²) in [6.07, 6.45) is -3.41. The van der Waals surface area contributed by atoms with Crippen LogP contribution in [0.5, 0.6) is 11.5 Å². The summed E-state index contributed by atoms with van der Waals surface area (Å²) >= 11 is 12.4. The number of guanidine groups is 1. The molecule has 182 valence electrons. The van der Waals surface area contributed by atoms with Gasteiger partial charge in [-0.1, -0.05) is 23.2 Å². The number of methoxy groups -OCH3 is 2. The highest BCUT2D eigenvalue weighted by atomic mass is 35.5. The number of hydrogen-bond acceptors (Lipinski definition) is 6. The number of benzene rings is 1. The molecule has 0 fully saturated rings. The summed E-state index contributed by atoms with van der Waals surface area (Å²) in [4.78, 5) is 19.7. The van der Waals surface area contributed by atoms with E-state index in [1.807, 2.05) is 0 Å². The Kier molecular flexibility index (Phi) is 8.78. The zero-order chi connectivity index (χ0) is 25.5. The number of amides is 1. The minimum Gasteiger partial charge on any atom is -0.497 e. The molecule has 0 radical (unpaired) electrons. The van der Waals surface area contributed by atoms with Gasteiger partial charge in [-0.25, -0.2) is 4.98 Å². The standard InChI is InChI=1S/C20H19Cl2F3N6O3/c1-19(21,22)17(30-16(32)11-6-13(33-2)8-14(7-11)34-3)31-18(28-10-26)29-12-4-5-15(27-9-12)20(23,24)25/h4-9,17H,1-3H3,(H,30,32)(H2,28,29,31). The Labute approximate surface area is 202 Å². The molecule has 0 aliphatic rings. The van der Waals surface area contributed by atoms with Gasteiger partial charge < -0.3 is 25.4 Å². The molecule has 0 saturated heterocycles. The Morgan fingerprint density at radius 3 is 2.21 bits per heavy atom. The van der Waals surface area contributed by atoms with Gasteiger partial charge in [-0.3, -0.25) is 4.79 Å². The molecule has 1 aromatic carbocycles. The number of nitrogens with one attached hydrogen (secondary N) is 3. The number of ether oxygens (including phenoxy) is 2. The van der Waals surface area contributed by atoms with E-state index in [9.17, 15) is 18.0 Å². The first-order valence-electron chi connectivity index (χ1n) is 9.32. The van der Waals surface area contributed by atoms with Crippen LogP contribution >= 0.6 is 23.2 Å². The van der Waals surface area contributed by atoms with Crippen molar-refractivity contribution in [3.8, 4) is 17.7 Å². The van der Waals surface area contributed by atoms with E-state index in [2.05, 4.69) is 25.9 Å². The Bertz CT molecular complexity index is 1060. The first kappa shape index (κ1) is 26.8. The van der Waals surface area contributed by atoms with Crippen molar-refractivity contribution < 1.29 is 27.4 Å². The Morgan fingerprint density at radius 1 is 1.15 bits per heavy atom. The number of alkyl halides is 5. The number of rotatable bonds is 7. The van der Waals surface area contributed by atoms with E-state index in [-0.39, 0.29) is 17.2 Å². The van der Waals surface area contributed by atoms with Crippen molar-refractivity contribution in [3.05, 3.63) is 47.8 Å². The van der Waals surface area contributed by atoms with E-state index in [0.717, 1.165) is 18.3 Å². The number of nitrogens with zero attached hydrogens (tertiary/aromatic N) is 3. The van der Waals surface area contributed by atoms with Gasteiger partial charge >= 0.3 is 6.18 Å². The molecule has 14 heteroatoms. The molecule has 0 aliphatic carbocycles. The first-order valence-corrected chi connectivity index (χ1v) is 10.1. The number of hydrogen-bond donors (Lipinski definition) is 3. The molecule has 3 N–H and O–H groups in total. The number of nitriles is 1. The van der Waals surface area contributed by atoms with Crippen molar-refractivity contribution in [2.24, 2.45) is 4.99 Å². The average molecular weight is 519 g/mol. The fourth-order valence-corrected chi connectivity index (χ4v) is 2.72. The van der Waals surface area contributed by atoms with Crippen molar-refractivity contribution in [1.82, 2.24) is 15.6 Å². The van der Waals surface area contributed by atoms with Crippen molar-refractivity contribution in [2.45, 2.75) is 23.6 Å². The lowest BCUT2D eigenvalue weighted by Gasteiger charge is -2.29. The first-order chi connectivity index (χ1) is 15.9. The van der Waals surface area contributed by atoms with Crippen LogP contribution in [0, 0.1) is 11.5 Å². The number of pyridine rings is 1. The number of carbonyl (C=O) groups is 1. The normalized spacial score (nSPS) is 12.9. The third-order valence-corrected chi connectivity index (χ3v) is 4.59. The highest BCUT2D eigenvalue weighted by Gasteiger charge is 2.34. The maximum atomic E-state index is 12.8. The highest BCUT2D eigenvalue weighted by Crippen LogP contribution is 2.28. The zero-order valence-corrected chi connectivity index (χ0v) is 19.5. The quantitative estimate of drug-likeness (QED) is 0.167. The van der Waals surface area contributed by atoms with Gasteiger partial charge in [0.25, 0.3) is 5.91 Å². The van der Waals surface area contributed by atoms with Gasteiger partial charge in [0.2, 0.25) is 12.2 Å². The van der Waals surface area contributed by atoms with Gasteiger partial charge in [-0.2, -0.15) is 18.4 Å². The van der Waals surface area contributed by atoms with Gasteiger partial charge in [0, 0.05) is 11.6 Å². The number of aromatic nitrogens is 1. The van der Waals surface area contributed by atoms with Gasteiger partial charge in [0.15, 0.2) is 4.33 Å². The predicted octanol–water partition coefficient (Wildman–Crippen LogP) is 3.91. The second kappa shape index (κ2) is 11.1. The molecule has 1 unspecified atom stereocenters. The molecule has 1 aromatic heterocycles. The van der Waals surface area contributed by atoms with Crippen LogP contribution in [-0.2, 0) is 6.18 Å². The zero-order valence-electron chi connectivity index (χ0n) is 18.0. The van der Waals surface area contributed by atoms with Crippen molar-refractivity contribution in [2.75, 3.05) is 19.5 Å². The molecule has 0 spiro atoms. The van der Waals surface area contributed by atoms with Crippen LogP contribution in [0.4, 0.5) is 18.9 Å². The molecular weight excluding hydrogens is 500 g/mol.